The highest BCUT2D eigenvalue weighted by Gasteiger charge is 2.37. The van der Waals surface area contributed by atoms with E-state index in [1.165, 1.54) is 22.3 Å². The summed E-state index contributed by atoms with van der Waals surface area (Å²) in [6.45, 7) is 9.50. The van der Waals surface area contributed by atoms with E-state index >= 15 is 0 Å². The minimum absolute atomic E-state index is 0.133. The Morgan fingerprint density at radius 3 is 2.76 bits per heavy atom. The molecular formula is C16H23N. The van der Waals surface area contributed by atoms with E-state index in [1.807, 2.05) is 0 Å². The Morgan fingerprint density at radius 2 is 2.12 bits per heavy atom. The Bertz CT molecular complexity index is 433. The molecule has 1 atom stereocenters. The Morgan fingerprint density at radius 1 is 1.35 bits per heavy atom. The van der Waals surface area contributed by atoms with Gasteiger partial charge in [-0.2, -0.15) is 0 Å². The molecule has 0 fully saturated rings. The van der Waals surface area contributed by atoms with Gasteiger partial charge in [-0.05, 0) is 50.3 Å². The molecule has 1 unspecified atom stereocenters. The number of hydrogen-bond donors (Lipinski definition) is 1. The van der Waals surface area contributed by atoms with Gasteiger partial charge in [-0.3, -0.25) is 0 Å². The summed E-state index contributed by atoms with van der Waals surface area (Å²) >= 11 is 0. The molecule has 2 N–H and O–H groups in total. The summed E-state index contributed by atoms with van der Waals surface area (Å²) in [5, 5.41) is 0. The molecule has 1 aliphatic carbocycles. The van der Waals surface area contributed by atoms with Gasteiger partial charge in [0, 0.05) is 5.41 Å². The van der Waals surface area contributed by atoms with E-state index in [-0.39, 0.29) is 5.41 Å². The molecule has 1 aliphatic rings. The van der Waals surface area contributed by atoms with Gasteiger partial charge in [0.05, 0.1) is 0 Å². The SMILES string of the molecule is C=C1CCc2ccc(C)cc2C1(CC)CCN. The van der Waals surface area contributed by atoms with E-state index in [0.29, 0.717) is 0 Å². The molecule has 2 rings (SSSR count). The third-order valence-corrected chi connectivity index (χ3v) is 4.33. The monoisotopic (exact) mass is 229 g/mol. The Kier molecular flexibility index (Phi) is 3.39. The van der Waals surface area contributed by atoms with E-state index in [9.17, 15) is 0 Å². The van der Waals surface area contributed by atoms with Crippen LogP contribution in [0.5, 0.6) is 0 Å². The van der Waals surface area contributed by atoms with Gasteiger partial charge < -0.3 is 5.73 Å². The van der Waals surface area contributed by atoms with Crippen LogP contribution in [0.25, 0.3) is 0 Å². The first-order valence-electron chi connectivity index (χ1n) is 6.62. The Hall–Kier alpha value is -1.08. The zero-order valence-electron chi connectivity index (χ0n) is 11.1. The van der Waals surface area contributed by atoms with Gasteiger partial charge in [0.1, 0.15) is 0 Å². The first-order valence-corrected chi connectivity index (χ1v) is 6.62. The van der Waals surface area contributed by atoms with Gasteiger partial charge in [-0.15, -0.1) is 0 Å². The fraction of sp³-hybridized carbons (Fsp3) is 0.500. The molecule has 0 saturated carbocycles. The lowest BCUT2D eigenvalue weighted by Gasteiger charge is -2.41. The molecule has 0 bridgehead atoms. The summed E-state index contributed by atoms with van der Waals surface area (Å²) in [4.78, 5) is 0. The van der Waals surface area contributed by atoms with Crippen LogP contribution in [0.15, 0.2) is 30.4 Å². The molecule has 1 heteroatoms. The second kappa shape index (κ2) is 4.66. The van der Waals surface area contributed by atoms with Crippen molar-refractivity contribution in [3.8, 4) is 0 Å². The van der Waals surface area contributed by atoms with E-state index in [0.717, 1.165) is 32.2 Å². The standard InChI is InChI=1S/C16H23N/c1-4-16(9-10-17)13(3)6-8-14-7-5-12(2)11-15(14)16/h5,7,11H,3-4,6,8-10,17H2,1-2H3. The van der Waals surface area contributed by atoms with E-state index in [4.69, 9.17) is 5.73 Å². The van der Waals surface area contributed by atoms with Crippen LogP contribution in [-0.4, -0.2) is 6.54 Å². The molecule has 1 aromatic rings. The topological polar surface area (TPSA) is 26.0 Å². The smallest absolute Gasteiger partial charge is 0.0171 e. The van der Waals surface area contributed by atoms with E-state index in [1.54, 1.807) is 0 Å². The van der Waals surface area contributed by atoms with Crippen molar-refractivity contribution in [2.24, 2.45) is 5.73 Å². The minimum atomic E-state index is 0.133. The molecule has 0 saturated heterocycles. The molecule has 1 aromatic carbocycles. The summed E-state index contributed by atoms with van der Waals surface area (Å²) < 4.78 is 0. The fourth-order valence-corrected chi connectivity index (χ4v) is 3.24. The number of aryl methyl sites for hydroxylation is 2. The number of fused-ring (bicyclic) bond motifs is 1. The summed E-state index contributed by atoms with van der Waals surface area (Å²) in [6, 6.07) is 6.85. The number of nitrogens with two attached hydrogens (primary N) is 1. The molecule has 0 amide bonds. The van der Waals surface area contributed by atoms with Crippen LogP contribution < -0.4 is 5.73 Å². The summed E-state index contributed by atoms with van der Waals surface area (Å²) in [5.74, 6) is 0. The lowest BCUT2D eigenvalue weighted by atomic mass is 9.63. The Balaban J connectivity index is 2.58. The zero-order valence-corrected chi connectivity index (χ0v) is 11.1. The molecule has 1 nitrogen and oxygen atoms in total. The zero-order chi connectivity index (χ0) is 12.5. The number of hydrogen-bond acceptors (Lipinski definition) is 1. The summed E-state index contributed by atoms with van der Waals surface area (Å²) in [7, 11) is 0. The van der Waals surface area contributed by atoms with Crippen LogP contribution in [0.2, 0.25) is 0 Å². The van der Waals surface area contributed by atoms with Crippen LogP contribution in [0, 0.1) is 6.92 Å². The van der Waals surface area contributed by atoms with Gasteiger partial charge in [-0.1, -0.05) is 42.8 Å². The maximum atomic E-state index is 5.84. The van der Waals surface area contributed by atoms with Crippen LogP contribution in [0.3, 0.4) is 0 Å². The van der Waals surface area contributed by atoms with Crippen LogP contribution in [-0.2, 0) is 11.8 Å². The number of allylic oxidation sites excluding steroid dienone is 1. The van der Waals surface area contributed by atoms with Gasteiger partial charge in [-0.25, -0.2) is 0 Å². The van der Waals surface area contributed by atoms with Crippen molar-refractivity contribution in [3.05, 3.63) is 47.0 Å². The highest BCUT2D eigenvalue weighted by molar-refractivity contribution is 5.46. The molecular weight excluding hydrogens is 206 g/mol. The van der Waals surface area contributed by atoms with Crippen molar-refractivity contribution in [2.45, 2.75) is 44.9 Å². The van der Waals surface area contributed by atoms with Crippen molar-refractivity contribution in [1.82, 2.24) is 0 Å². The van der Waals surface area contributed by atoms with Crippen molar-refractivity contribution >= 4 is 0 Å². The number of rotatable bonds is 3. The lowest BCUT2D eigenvalue weighted by Crippen LogP contribution is -2.34. The normalized spacial score (nSPS) is 23.6. The van der Waals surface area contributed by atoms with Crippen molar-refractivity contribution in [3.63, 3.8) is 0 Å². The van der Waals surface area contributed by atoms with Gasteiger partial charge in [0.25, 0.3) is 0 Å². The largest absolute Gasteiger partial charge is 0.330 e. The second-order valence-electron chi connectivity index (χ2n) is 5.24. The molecule has 0 aliphatic heterocycles. The highest BCUT2D eigenvalue weighted by Crippen LogP contribution is 2.45. The predicted octanol–water partition coefficient (Wildman–Crippen LogP) is 3.49. The average molecular weight is 229 g/mol. The van der Waals surface area contributed by atoms with Gasteiger partial charge in [0.15, 0.2) is 0 Å². The number of benzene rings is 1. The first-order chi connectivity index (χ1) is 8.14. The predicted molar refractivity (Wildman–Crippen MR) is 74.3 cm³/mol. The Labute approximate surface area is 105 Å². The molecule has 92 valence electrons. The molecule has 17 heavy (non-hydrogen) atoms. The van der Waals surface area contributed by atoms with Crippen molar-refractivity contribution in [2.75, 3.05) is 6.54 Å². The van der Waals surface area contributed by atoms with E-state index in [2.05, 4.69) is 38.6 Å². The fourth-order valence-electron chi connectivity index (χ4n) is 3.24. The molecule has 0 spiro atoms. The second-order valence-corrected chi connectivity index (χ2v) is 5.24. The third kappa shape index (κ3) is 1.93. The van der Waals surface area contributed by atoms with Crippen molar-refractivity contribution in [1.29, 1.82) is 0 Å². The maximum Gasteiger partial charge on any atom is 0.0171 e. The van der Waals surface area contributed by atoms with Crippen LogP contribution in [0.4, 0.5) is 0 Å². The quantitative estimate of drug-likeness (QED) is 0.789. The molecule has 0 aromatic heterocycles. The summed E-state index contributed by atoms with van der Waals surface area (Å²) in [5.41, 5.74) is 11.7. The highest BCUT2D eigenvalue weighted by atomic mass is 14.6. The third-order valence-electron chi connectivity index (χ3n) is 4.33. The lowest BCUT2D eigenvalue weighted by molar-refractivity contribution is 0.421. The molecule has 0 heterocycles. The van der Waals surface area contributed by atoms with E-state index < -0.39 is 0 Å². The minimum Gasteiger partial charge on any atom is -0.330 e. The van der Waals surface area contributed by atoms with Crippen molar-refractivity contribution < 1.29 is 0 Å². The summed E-state index contributed by atoms with van der Waals surface area (Å²) in [6.07, 6.45) is 4.39. The molecule has 0 radical (unpaired) electrons. The van der Waals surface area contributed by atoms with Crippen LogP contribution >= 0.6 is 0 Å². The van der Waals surface area contributed by atoms with Gasteiger partial charge >= 0.3 is 0 Å². The maximum absolute atomic E-state index is 5.84. The van der Waals surface area contributed by atoms with Crippen LogP contribution in [0.1, 0.15) is 42.9 Å². The van der Waals surface area contributed by atoms with Gasteiger partial charge in [0.2, 0.25) is 0 Å². The average Bonchev–Trinajstić information content (AvgIpc) is 2.33. The first kappa shape index (κ1) is 12.4.